The molecular formula is C19H28N2O2S. The van der Waals surface area contributed by atoms with Crippen LogP contribution >= 0.6 is 12.2 Å². The second-order valence-electron chi connectivity index (χ2n) is 6.93. The Hall–Kier alpha value is -1.33. The number of ether oxygens (including phenoxy) is 1. The van der Waals surface area contributed by atoms with E-state index in [4.69, 9.17) is 17.0 Å². The van der Waals surface area contributed by atoms with Gasteiger partial charge >= 0.3 is 0 Å². The van der Waals surface area contributed by atoms with E-state index in [0.717, 1.165) is 36.7 Å². The average Bonchev–Trinajstić information content (AvgIpc) is 3.10. The molecule has 0 bridgehead atoms. The van der Waals surface area contributed by atoms with Crippen LogP contribution in [-0.4, -0.2) is 40.4 Å². The third-order valence-corrected chi connectivity index (χ3v) is 5.40. The standard InChI is InChI=1S/C19H28N2O2S/c22-18-11-5-4-7-15(18)13-21(14-17-10-6-12-23-17)19(24)20-16-8-2-1-3-9-16/h4-5,7,11,16-17,22H,1-3,6,8-10,12-14H2,(H,20,24)/t17-/m1/s1. The lowest BCUT2D eigenvalue weighted by atomic mass is 9.96. The van der Waals surface area contributed by atoms with Crippen molar-refractivity contribution in [3.05, 3.63) is 29.8 Å². The summed E-state index contributed by atoms with van der Waals surface area (Å²) in [4.78, 5) is 2.16. The highest BCUT2D eigenvalue weighted by molar-refractivity contribution is 7.80. The summed E-state index contributed by atoms with van der Waals surface area (Å²) in [7, 11) is 0. The van der Waals surface area contributed by atoms with Gasteiger partial charge in [0.25, 0.3) is 0 Å². The molecule has 0 radical (unpaired) electrons. The van der Waals surface area contributed by atoms with E-state index in [1.165, 1.54) is 32.1 Å². The van der Waals surface area contributed by atoms with Gasteiger partial charge in [-0.3, -0.25) is 0 Å². The molecule has 0 amide bonds. The molecule has 0 spiro atoms. The van der Waals surface area contributed by atoms with Crippen LogP contribution in [-0.2, 0) is 11.3 Å². The lowest BCUT2D eigenvalue weighted by Crippen LogP contribution is -2.47. The van der Waals surface area contributed by atoms with Crippen molar-refractivity contribution in [1.82, 2.24) is 10.2 Å². The highest BCUT2D eigenvalue weighted by Gasteiger charge is 2.23. The number of aromatic hydroxyl groups is 1. The number of para-hydroxylation sites is 1. The number of rotatable bonds is 5. The molecule has 3 rings (SSSR count). The van der Waals surface area contributed by atoms with Gasteiger partial charge in [0.05, 0.1) is 6.10 Å². The molecule has 1 saturated heterocycles. The zero-order valence-corrected chi connectivity index (χ0v) is 15.1. The van der Waals surface area contributed by atoms with Crippen molar-refractivity contribution in [3.8, 4) is 5.75 Å². The van der Waals surface area contributed by atoms with Crippen LogP contribution in [0.2, 0.25) is 0 Å². The predicted molar refractivity (Wildman–Crippen MR) is 100 cm³/mol. The molecule has 1 atom stereocenters. The molecule has 0 aromatic heterocycles. The van der Waals surface area contributed by atoms with Crippen molar-refractivity contribution in [2.45, 2.75) is 63.6 Å². The first-order chi connectivity index (χ1) is 11.7. The normalized spacial score (nSPS) is 21.6. The Morgan fingerprint density at radius 1 is 1.17 bits per heavy atom. The molecule has 4 nitrogen and oxygen atoms in total. The lowest BCUT2D eigenvalue weighted by molar-refractivity contribution is 0.0893. The molecule has 132 valence electrons. The fourth-order valence-corrected chi connectivity index (χ4v) is 3.92. The Morgan fingerprint density at radius 2 is 1.96 bits per heavy atom. The smallest absolute Gasteiger partial charge is 0.169 e. The van der Waals surface area contributed by atoms with Gasteiger partial charge < -0.3 is 20.1 Å². The minimum Gasteiger partial charge on any atom is -0.508 e. The van der Waals surface area contributed by atoms with E-state index in [1.54, 1.807) is 6.07 Å². The number of benzene rings is 1. The second-order valence-corrected chi connectivity index (χ2v) is 7.32. The number of phenols is 1. The fraction of sp³-hybridized carbons (Fsp3) is 0.632. The zero-order valence-electron chi connectivity index (χ0n) is 14.2. The number of hydrogen-bond acceptors (Lipinski definition) is 3. The summed E-state index contributed by atoms with van der Waals surface area (Å²) in [5.74, 6) is 0.329. The molecule has 2 N–H and O–H groups in total. The van der Waals surface area contributed by atoms with Gasteiger partial charge in [-0.1, -0.05) is 37.5 Å². The van der Waals surface area contributed by atoms with Crippen LogP contribution in [0.5, 0.6) is 5.75 Å². The van der Waals surface area contributed by atoms with Crippen molar-refractivity contribution in [2.24, 2.45) is 0 Å². The van der Waals surface area contributed by atoms with Crippen LogP contribution in [0.25, 0.3) is 0 Å². The summed E-state index contributed by atoms with van der Waals surface area (Å²) < 4.78 is 5.80. The van der Waals surface area contributed by atoms with Gasteiger partial charge in [-0.05, 0) is 44.0 Å². The van der Waals surface area contributed by atoms with E-state index in [0.29, 0.717) is 18.3 Å². The predicted octanol–water partition coefficient (Wildman–Crippen LogP) is 3.58. The molecule has 0 unspecified atom stereocenters. The number of phenolic OH excluding ortho intramolecular Hbond substituents is 1. The molecule has 1 aliphatic carbocycles. The first-order valence-corrected chi connectivity index (χ1v) is 9.57. The SMILES string of the molecule is Oc1ccccc1CN(C[C@H]1CCCO1)C(=S)NC1CCCCC1. The van der Waals surface area contributed by atoms with Crippen LogP contribution in [0.3, 0.4) is 0 Å². The van der Waals surface area contributed by atoms with Gasteiger partial charge in [-0.25, -0.2) is 0 Å². The van der Waals surface area contributed by atoms with Crippen molar-refractivity contribution in [1.29, 1.82) is 0 Å². The fourth-order valence-electron chi connectivity index (χ4n) is 3.62. The maximum atomic E-state index is 10.1. The van der Waals surface area contributed by atoms with E-state index in [1.807, 2.05) is 18.2 Å². The topological polar surface area (TPSA) is 44.7 Å². The van der Waals surface area contributed by atoms with Gasteiger partial charge in [0.2, 0.25) is 0 Å². The van der Waals surface area contributed by atoms with Crippen molar-refractivity contribution < 1.29 is 9.84 Å². The van der Waals surface area contributed by atoms with Crippen LogP contribution in [0.4, 0.5) is 0 Å². The van der Waals surface area contributed by atoms with Crippen LogP contribution in [0, 0.1) is 0 Å². The minimum absolute atomic E-state index is 0.238. The number of nitrogens with zero attached hydrogens (tertiary/aromatic N) is 1. The van der Waals surface area contributed by atoms with Gasteiger partial charge in [0, 0.05) is 31.3 Å². The molecular weight excluding hydrogens is 320 g/mol. The maximum Gasteiger partial charge on any atom is 0.169 e. The van der Waals surface area contributed by atoms with Gasteiger partial charge in [-0.15, -0.1) is 0 Å². The molecule has 1 saturated carbocycles. The largest absolute Gasteiger partial charge is 0.508 e. The van der Waals surface area contributed by atoms with Gasteiger partial charge in [0.15, 0.2) is 5.11 Å². The number of hydrogen-bond donors (Lipinski definition) is 2. The quantitative estimate of drug-likeness (QED) is 0.797. The third kappa shape index (κ3) is 4.84. The van der Waals surface area contributed by atoms with Crippen molar-refractivity contribution >= 4 is 17.3 Å². The molecule has 2 aliphatic rings. The van der Waals surface area contributed by atoms with Gasteiger partial charge in [0.1, 0.15) is 5.75 Å². The maximum absolute atomic E-state index is 10.1. The Morgan fingerprint density at radius 3 is 2.67 bits per heavy atom. The molecule has 1 heterocycles. The van der Waals surface area contributed by atoms with Crippen LogP contribution < -0.4 is 5.32 Å². The highest BCUT2D eigenvalue weighted by Crippen LogP contribution is 2.22. The van der Waals surface area contributed by atoms with E-state index >= 15 is 0 Å². The van der Waals surface area contributed by atoms with Crippen LogP contribution in [0.1, 0.15) is 50.5 Å². The highest BCUT2D eigenvalue weighted by atomic mass is 32.1. The summed E-state index contributed by atoms with van der Waals surface area (Å²) in [5.41, 5.74) is 0.906. The van der Waals surface area contributed by atoms with E-state index in [-0.39, 0.29) is 6.10 Å². The zero-order chi connectivity index (χ0) is 16.8. The van der Waals surface area contributed by atoms with E-state index in [9.17, 15) is 5.11 Å². The van der Waals surface area contributed by atoms with E-state index < -0.39 is 0 Å². The molecule has 5 heteroatoms. The Labute approximate surface area is 150 Å². The van der Waals surface area contributed by atoms with Crippen molar-refractivity contribution in [3.63, 3.8) is 0 Å². The number of thiocarbonyl (C=S) groups is 1. The third-order valence-electron chi connectivity index (χ3n) is 5.02. The summed E-state index contributed by atoms with van der Waals surface area (Å²) in [5, 5.41) is 14.4. The molecule has 24 heavy (non-hydrogen) atoms. The average molecular weight is 349 g/mol. The van der Waals surface area contributed by atoms with Crippen molar-refractivity contribution in [2.75, 3.05) is 13.2 Å². The second kappa shape index (κ2) is 8.67. The monoisotopic (exact) mass is 348 g/mol. The van der Waals surface area contributed by atoms with E-state index in [2.05, 4.69) is 10.2 Å². The first kappa shape index (κ1) is 17.5. The number of nitrogens with one attached hydrogen (secondary N) is 1. The summed E-state index contributed by atoms with van der Waals surface area (Å²) in [6.45, 7) is 2.25. The summed E-state index contributed by atoms with van der Waals surface area (Å²) in [6.07, 6.45) is 8.75. The lowest BCUT2D eigenvalue weighted by Gasteiger charge is -2.32. The summed E-state index contributed by atoms with van der Waals surface area (Å²) in [6, 6.07) is 7.99. The molecule has 1 aromatic rings. The first-order valence-electron chi connectivity index (χ1n) is 9.16. The van der Waals surface area contributed by atoms with Crippen LogP contribution in [0.15, 0.2) is 24.3 Å². The Balaban J connectivity index is 1.65. The van der Waals surface area contributed by atoms with Gasteiger partial charge in [-0.2, -0.15) is 0 Å². The minimum atomic E-state index is 0.238. The Bertz CT molecular complexity index is 540. The molecule has 2 fully saturated rings. The molecule has 1 aromatic carbocycles. The Kier molecular flexibility index (Phi) is 6.32. The molecule has 1 aliphatic heterocycles. The summed E-state index contributed by atoms with van der Waals surface area (Å²) >= 11 is 5.71.